The third-order valence-electron chi connectivity index (χ3n) is 4.75. The highest BCUT2D eigenvalue weighted by Crippen LogP contribution is 2.46. The van der Waals surface area contributed by atoms with Gasteiger partial charge in [0.1, 0.15) is 0 Å². The van der Waals surface area contributed by atoms with Crippen molar-refractivity contribution in [2.75, 3.05) is 6.54 Å². The van der Waals surface area contributed by atoms with Crippen LogP contribution in [0.1, 0.15) is 57.4 Å². The molecule has 0 radical (unpaired) electrons. The second kappa shape index (κ2) is 4.73. The second-order valence-corrected chi connectivity index (χ2v) is 7.01. The molecule has 1 aromatic heterocycles. The average molecular weight is 247 g/mol. The number of hydrogen-bond acceptors (Lipinski definition) is 2. The van der Waals surface area contributed by atoms with Crippen LogP contribution in [0.3, 0.4) is 0 Å². The lowest BCUT2D eigenvalue weighted by molar-refractivity contribution is 0.159. The second-order valence-electron chi connectivity index (χ2n) is 7.01. The summed E-state index contributed by atoms with van der Waals surface area (Å²) < 4.78 is 5.30. The van der Waals surface area contributed by atoms with Crippen LogP contribution >= 0.6 is 0 Å². The minimum atomic E-state index is 0.484. The summed E-state index contributed by atoms with van der Waals surface area (Å²) in [5, 5.41) is 3.71. The molecule has 2 fully saturated rings. The fourth-order valence-corrected chi connectivity index (χ4v) is 3.37. The van der Waals surface area contributed by atoms with Crippen LogP contribution in [0.25, 0.3) is 0 Å². The smallest absolute Gasteiger partial charge is 0.0937 e. The molecule has 18 heavy (non-hydrogen) atoms. The lowest BCUT2D eigenvalue weighted by Crippen LogP contribution is -2.35. The minimum absolute atomic E-state index is 0.484. The summed E-state index contributed by atoms with van der Waals surface area (Å²) in [5.74, 6) is 1.47. The number of hydrogen-bond donors (Lipinski definition) is 1. The minimum Gasteiger partial charge on any atom is -0.472 e. The Bertz CT molecular complexity index is 376. The van der Waals surface area contributed by atoms with Crippen LogP contribution in [0.5, 0.6) is 0 Å². The van der Waals surface area contributed by atoms with Crippen LogP contribution in [0.2, 0.25) is 0 Å². The fraction of sp³-hybridized carbons (Fsp3) is 0.750. The van der Waals surface area contributed by atoms with Gasteiger partial charge in [-0.2, -0.15) is 0 Å². The van der Waals surface area contributed by atoms with E-state index in [1.54, 1.807) is 0 Å². The summed E-state index contributed by atoms with van der Waals surface area (Å²) in [6.07, 6.45) is 10.5. The highest BCUT2D eigenvalue weighted by Gasteiger charge is 2.36. The normalized spacial score (nSPS) is 31.4. The van der Waals surface area contributed by atoms with Crippen LogP contribution < -0.4 is 5.32 Å². The predicted molar refractivity (Wildman–Crippen MR) is 73.6 cm³/mol. The first kappa shape index (κ1) is 12.3. The molecule has 2 aliphatic carbocycles. The van der Waals surface area contributed by atoms with Crippen molar-refractivity contribution in [3.8, 4) is 0 Å². The van der Waals surface area contributed by atoms with Crippen LogP contribution in [-0.2, 0) is 0 Å². The molecule has 1 N–H and O–H groups in total. The van der Waals surface area contributed by atoms with E-state index in [1.807, 2.05) is 12.5 Å². The molecular formula is C16H25NO. The maximum Gasteiger partial charge on any atom is 0.0937 e. The van der Waals surface area contributed by atoms with Gasteiger partial charge in [-0.05, 0) is 67.5 Å². The number of rotatable bonds is 4. The highest BCUT2D eigenvalue weighted by molar-refractivity contribution is 5.16. The summed E-state index contributed by atoms with van der Waals surface area (Å²) in [6, 6.07) is 2.99. The first-order chi connectivity index (χ1) is 8.64. The molecule has 100 valence electrons. The van der Waals surface area contributed by atoms with Crippen molar-refractivity contribution in [1.82, 2.24) is 5.32 Å². The topological polar surface area (TPSA) is 25.2 Å². The third kappa shape index (κ3) is 2.80. The Morgan fingerprint density at radius 2 is 2.17 bits per heavy atom. The average Bonchev–Trinajstić information content (AvgIpc) is 3.00. The van der Waals surface area contributed by atoms with Crippen LogP contribution in [0, 0.1) is 11.3 Å². The molecule has 0 aromatic carbocycles. The molecule has 2 heteroatoms. The van der Waals surface area contributed by atoms with Gasteiger partial charge in [0, 0.05) is 6.04 Å². The van der Waals surface area contributed by atoms with E-state index in [2.05, 4.69) is 25.2 Å². The van der Waals surface area contributed by atoms with Crippen molar-refractivity contribution in [1.29, 1.82) is 0 Å². The van der Waals surface area contributed by atoms with E-state index < -0.39 is 0 Å². The molecule has 1 aromatic rings. The summed E-state index contributed by atoms with van der Waals surface area (Å²) in [4.78, 5) is 0. The molecule has 0 saturated heterocycles. The van der Waals surface area contributed by atoms with Crippen molar-refractivity contribution in [3.63, 3.8) is 0 Å². The number of nitrogens with one attached hydrogen (secondary N) is 1. The van der Waals surface area contributed by atoms with Gasteiger partial charge in [-0.25, -0.2) is 0 Å². The van der Waals surface area contributed by atoms with E-state index in [1.165, 1.54) is 44.2 Å². The van der Waals surface area contributed by atoms with Gasteiger partial charge in [0.25, 0.3) is 0 Å². The van der Waals surface area contributed by atoms with Crippen molar-refractivity contribution >= 4 is 0 Å². The van der Waals surface area contributed by atoms with Gasteiger partial charge >= 0.3 is 0 Å². The zero-order valence-electron chi connectivity index (χ0n) is 11.6. The summed E-state index contributed by atoms with van der Waals surface area (Å²) >= 11 is 0. The Hall–Kier alpha value is -0.760. The summed E-state index contributed by atoms with van der Waals surface area (Å²) in [5.41, 5.74) is 1.89. The molecule has 0 spiro atoms. The van der Waals surface area contributed by atoms with Gasteiger partial charge in [0.15, 0.2) is 0 Å². The Morgan fingerprint density at radius 3 is 2.83 bits per heavy atom. The first-order valence-corrected chi connectivity index (χ1v) is 7.39. The van der Waals surface area contributed by atoms with E-state index in [4.69, 9.17) is 4.42 Å². The lowest BCUT2D eigenvalue weighted by Gasteiger charge is -2.40. The molecule has 0 bridgehead atoms. The monoisotopic (exact) mass is 247 g/mol. The van der Waals surface area contributed by atoms with Crippen LogP contribution in [0.4, 0.5) is 0 Å². The zero-order chi connectivity index (χ0) is 12.6. The van der Waals surface area contributed by atoms with Crippen molar-refractivity contribution in [2.24, 2.45) is 11.3 Å². The van der Waals surface area contributed by atoms with Crippen molar-refractivity contribution in [3.05, 3.63) is 24.2 Å². The highest BCUT2D eigenvalue weighted by atomic mass is 16.3. The largest absolute Gasteiger partial charge is 0.472 e. The van der Waals surface area contributed by atoms with Crippen LogP contribution in [0.15, 0.2) is 23.0 Å². The summed E-state index contributed by atoms with van der Waals surface area (Å²) in [7, 11) is 0. The predicted octanol–water partition coefficient (Wildman–Crippen LogP) is 3.94. The Morgan fingerprint density at radius 1 is 1.33 bits per heavy atom. The SMILES string of the molecule is CC1(C)CCC(CNC2CC2)C(c2ccoc2)C1. The molecule has 3 rings (SSSR count). The lowest BCUT2D eigenvalue weighted by atomic mass is 9.65. The van der Waals surface area contributed by atoms with Gasteiger partial charge in [0.2, 0.25) is 0 Å². The Balaban J connectivity index is 1.69. The van der Waals surface area contributed by atoms with Crippen LogP contribution in [-0.4, -0.2) is 12.6 Å². The quantitative estimate of drug-likeness (QED) is 0.871. The van der Waals surface area contributed by atoms with Gasteiger partial charge in [0.05, 0.1) is 12.5 Å². The zero-order valence-corrected chi connectivity index (χ0v) is 11.6. The third-order valence-corrected chi connectivity index (χ3v) is 4.75. The van der Waals surface area contributed by atoms with Gasteiger partial charge in [-0.3, -0.25) is 0 Å². The molecule has 2 atom stereocenters. The molecule has 2 aliphatic rings. The summed E-state index contributed by atoms with van der Waals surface area (Å²) in [6.45, 7) is 6.01. The molecule has 2 unspecified atom stereocenters. The maximum absolute atomic E-state index is 5.30. The van der Waals surface area contributed by atoms with E-state index >= 15 is 0 Å². The molecular weight excluding hydrogens is 222 g/mol. The molecule has 0 aliphatic heterocycles. The fourth-order valence-electron chi connectivity index (χ4n) is 3.37. The van der Waals surface area contributed by atoms with Crippen molar-refractivity contribution in [2.45, 2.75) is 57.9 Å². The van der Waals surface area contributed by atoms with E-state index in [0.29, 0.717) is 11.3 Å². The van der Waals surface area contributed by atoms with Gasteiger partial charge in [-0.1, -0.05) is 13.8 Å². The molecule has 2 nitrogen and oxygen atoms in total. The Kier molecular flexibility index (Phi) is 3.23. The van der Waals surface area contributed by atoms with E-state index in [9.17, 15) is 0 Å². The van der Waals surface area contributed by atoms with E-state index in [0.717, 1.165) is 12.0 Å². The first-order valence-electron chi connectivity index (χ1n) is 7.39. The Labute approximate surface area is 110 Å². The molecule has 2 saturated carbocycles. The van der Waals surface area contributed by atoms with Gasteiger partial charge < -0.3 is 9.73 Å². The number of furan rings is 1. The standard InChI is InChI=1S/C16H25NO/c1-16(2)7-5-12(10-17-14-3-4-14)15(9-16)13-6-8-18-11-13/h6,8,11-12,14-15,17H,3-5,7,9-10H2,1-2H3. The van der Waals surface area contributed by atoms with Crippen molar-refractivity contribution < 1.29 is 4.42 Å². The molecule has 1 heterocycles. The maximum atomic E-state index is 5.30. The molecule has 0 amide bonds. The van der Waals surface area contributed by atoms with E-state index in [-0.39, 0.29) is 0 Å². The van der Waals surface area contributed by atoms with Gasteiger partial charge in [-0.15, -0.1) is 0 Å².